The summed E-state index contributed by atoms with van der Waals surface area (Å²) >= 11 is 1.62. The van der Waals surface area contributed by atoms with Crippen LogP contribution < -0.4 is 5.32 Å². The molecule has 3 aromatic rings. The Hall–Kier alpha value is -2.53. The van der Waals surface area contributed by atoms with Crippen molar-refractivity contribution in [2.45, 2.75) is 20.3 Å². The number of hydrogen-bond acceptors (Lipinski definition) is 4. The highest BCUT2D eigenvalue weighted by atomic mass is 32.1. The van der Waals surface area contributed by atoms with Crippen molar-refractivity contribution in [3.05, 3.63) is 64.9 Å². The number of anilines is 1. The van der Waals surface area contributed by atoms with Crippen LogP contribution in [0.3, 0.4) is 0 Å². The maximum atomic E-state index is 12.1. The molecule has 0 saturated heterocycles. The normalized spacial score (nSPS) is 10.5. The summed E-state index contributed by atoms with van der Waals surface area (Å²) in [7, 11) is 0. The lowest BCUT2D eigenvalue weighted by atomic mass is 10.1. The predicted molar refractivity (Wildman–Crippen MR) is 93.6 cm³/mol. The standard InChI is InChI=1S/C18H17N3OS/c1-12-3-4-14(10-19-12)9-17(22)21-16-7-5-15(6-8-16)18-20-13(2)11-23-18/h3-8,10-11H,9H2,1-2H3,(H,21,22). The van der Waals surface area contributed by atoms with E-state index in [9.17, 15) is 4.79 Å². The summed E-state index contributed by atoms with van der Waals surface area (Å²) in [6, 6.07) is 11.6. The molecule has 0 aliphatic heterocycles. The molecule has 0 radical (unpaired) electrons. The van der Waals surface area contributed by atoms with E-state index in [1.54, 1.807) is 17.5 Å². The van der Waals surface area contributed by atoms with E-state index in [1.165, 1.54) is 0 Å². The highest BCUT2D eigenvalue weighted by Crippen LogP contribution is 2.24. The molecule has 0 spiro atoms. The van der Waals surface area contributed by atoms with E-state index in [-0.39, 0.29) is 5.91 Å². The van der Waals surface area contributed by atoms with Crippen molar-refractivity contribution in [3.63, 3.8) is 0 Å². The van der Waals surface area contributed by atoms with Gasteiger partial charge in [0.15, 0.2) is 0 Å². The molecule has 1 aromatic carbocycles. The first-order valence-electron chi connectivity index (χ1n) is 7.34. The van der Waals surface area contributed by atoms with Crippen LogP contribution in [0.5, 0.6) is 0 Å². The number of amides is 1. The van der Waals surface area contributed by atoms with Crippen molar-refractivity contribution >= 4 is 22.9 Å². The second-order valence-corrected chi connectivity index (χ2v) is 6.26. The zero-order chi connectivity index (χ0) is 16.2. The highest BCUT2D eigenvalue weighted by molar-refractivity contribution is 7.13. The molecule has 2 heterocycles. The number of pyridine rings is 1. The molecule has 0 saturated carbocycles. The van der Waals surface area contributed by atoms with Gasteiger partial charge in [-0.3, -0.25) is 9.78 Å². The zero-order valence-corrected chi connectivity index (χ0v) is 13.9. The molecule has 0 fully saturated rings. The summed E-state index contributed by atoms with van der Waals surface area (Å²) in [6.07, 6.45) is 2.06. The fourth-order valence-corrected chi connectivity index (χ4v) is 2.98. The lowest BCUT2D eigenvalue weighted by Gasteiger charge is -2.06. The smallest absolute Gasteiger partial charge is 0.228 e. The Morgan fingerprint density at radius 3 is 2.48 bits per heavy atom. The lowest BCUT2D eigenvalue weighted by Crippen LogP contribution is -2.14. The van der Waals surface area contributed by atoms with Gasteiger partial charge in [-0.25, -0.2) is 4.98 Å². The number of thiazole rings is 1. The number of aromatic nitrogens is 2. The first kappa shape index (κ1) is 15.4. The fraction of sp³-hybridized carbons (Fsp3) is 0.167. The second-order valence-electron chi connectivity index (χ2n) is 5.40. The molecule has 0 bridgehead atoms. The van der Waals surface area contributed by atoms with Crippen molar-refractivity contribution in [2.75, 3.05) is 5.32 Å². The average Bonchev–Trinajstić information content (AvgIpc) is 2.97. The molecule has 1 N–H and O–H groups in total. The monoisotopic (exact) mass is 323 g/mol. The first-order chi connectivity index (χ1) is 11.1. The number of rotatable bonds is 4. The molecule has 116 valence electrons. The molecule has 4 nitrogen and oxygen atoms in total. The third kappa shape index (κ3) is 4.02. The highest BCUT2D eigenvalue weighted by Gasteiger charge is 2.06. The molecular weight excluding hydrogens is 306 g/mol. The number of hydrogen-bond donors (Lipinski definition) is 1. The van der Waals surface area contributed by atoms with Gasteiger partial charge in [0.05, 0.1) is 6.42 Å². The van der Waals surface area contributed by atoms with Gasteiger partial charge < -0.3 is 5.32 Å². The third-order valence-electron chi connectivity index (χ3n) is 3.37. The maximum absolute atomic E-state index is 12.1. The van der Waals surface area contributed by atoms with Gasteiger partial charge in [0.2, 0.25) is 5.91 Å². The molecule has 1 amide bonds. The Balaban J connectivity index is 1.63. The average molecular weight is 323 g/mol. The number of benzene rings is 1. The summed E-state index contributed by atoms with van der Waals surface area (Å²) in [6.45, 7) is 3.91. The Morgan fingerprint density at radius 2 is 1.87 bits per heavy atom. The van der Waals surface area contributed by atoms with Crippen LogP contribution >= 0.6 is 11.3 Å². The second kappa shape index (κ2) is 6.71. The largest absolute Gasteiger partial charge is 0.326 e. The van der Waals surface area contributed by atoms with Crippen LogP contribution in [0.1, 0.15) is 17.0 Å². The number of aryl methyl sites for hydroxylation is 2. The van der Waals surface area contributed by atoms with Crippen LogP contribution in [0.15, 0.2) is 48.0 Å². The van der Waals surface area contributed by atoms with Gasteiger partial charge in [0.25, 0.3) is 0 Å². The van der Waals surface area contributed by atoms with Crippen molar-refractivity contribution < 1.29 is 4.79 Å². The van der Waals surface area contributed by atoms with Gasteiger partial charge in [0.1, 0.15) is 5.01 Å². The van der Waals surface area contributed by atoms with Crippen LogP contribution in [0.4, 0.5) is 5.69 Å². The maximum Gasteiger partial charge on any atom is 0.228 e. The van der Waals surface area contributed by atoms with E-state index < -0.39 is 0 Å². The van der Waals surface area contributed by atoms with Crippen LogP contribution in [0.2, 0.25) is 0 Å². The number of nitrogens with zero attached hydrogens (tertiary/aromatic N) is 2. The molecule has 2 aromatic heterocycles. The molecule has 0 unspecified atom stereocenters. The van der Waals surface area contributed by atoms with E-state index >= 15 is 0 Å². The summed E-state index contributed by atoms with van der Waals surface area (Å²) < 4.78 is 0. The first-order valence-corrected chi connectivity index (χ1v) is 8.22. The van der Waals surface area contributed by atoms with Crippen molar-refractivity contribution in [2.24, 2.45) is 0 Å². The SMILES string of the molecule is Cc1ccc(CC(=O)Nc2ccc(-c3nc(C)cs3)cc2)cn1. The third-order valence-corrected chi connectivity index (χ3v) is 4.38. The molecule has 0 aliphatic rings. The van der Waals surface area contributed by atoms with E-state index in [0.29, 0.717) is 6.42 Å². The van der Waals surface area contributed by atoms with Gasteiger partial charge in [-0.2, -0.15) is 0 Å². The lowest BCUT2D eigenvalue weighted by molar-refractivity contribution is -0.115. The van der Waals surface area contributed by atoms with Crippen molar-refractivity contribution in [1.29, 1.82) is 0 Å². The zero-order valence-electron chi connectivity index (χ0n) is 13.0. The minimum atomic E-state index is -0.0477. The molecule has 23 heavy (non-hydrogen) atoms. The van der Waals surface area contributed by atoms with Crippen LogP contribution in [-0.4, -0.2) is 15.9 Å². The van der Waals surface area contributed by atoms with Gasteiger partial charge >= 0.3 is 0 Å². The number of carbonyl (C=O) groups excluding carboxylic acids is 1. The van der Waals surface area contributed by atoms with Crippen molar-refractivity contribution in [3.8, 4) is 10.6 Å². The molecule has 0 atom stereocenters. The number of carbonyl (C=O) groups is 1. The van der Waals surface area contributed by atoms with Gasteiger partial charge in [-0.05, 0) is 49.7 Å². The van der Waals surface area contributed by atoms with Gasteiger partial charge in [-0.1, -0.05) is 6.07 Å². The summed E-state index contributed by atoms with van der Waals surface area (Å²) in [5, 5.41) is 5.93. The molecule has 3 rings (SSSR count). The van der Waals surface area contributed by atoms with Crippen LogP contribution in [0.25, 0.3) is 10.6 Å². The molecule has 5 heteroatoms. The summed E-state index contributed by atoms with van der Waals surface area (Å²) in [5.41, 5.74) is 4.72. The Morgan fingerprint density at radius 1 is 1.09 bits per heavy atom. The van der Waals surface area contributed by atoms with E-state index in [2.05, 4.69) is 15.3 Å². The Labute approximate surface area is 139 Å². The van der Waals surface area contributed by atoms with E-state index in [1.807, 2.05) is 55.6 Å². The summed E-state index contributed by atoms with van der Waals surface area (Å²) in [5.74, 6) is -0.0477. The topological polar surface area (TPSA) is 54.9 Å². The minimum absolute atomic E-state index is 0.0477. The van der Waals surface area contributed by atoms with Crippen LogP contribution in [-0.2, 0) is 11.2 Å². The number of nitrogens with one attached hydrogen (secondary N) is 1. The van der Waals surface area contributed by atoms with E-state index in [4.69, 9.17) is 0 Å². The Bertz CT molecular complexity index is 807. The molecule has 0 aliphatic carbocycles. The van der Waals surface area contributed by atoms with Crippen molar-refractivity contribution in [1.82, 2.24) is 9.97 Å². The molecular formula is C18H17N3OS. The van der Waals surface area contributed by atoms with Gasteiger partial charge in [0, 0.05) is 34.2 Å². The predicted octanol–water partition coefficient (Wildman–Crippen LogP) is 4.00. The minimum Gasteiger partial charge on any atom is -0.326 e. The van der Waals surface area contributed by atoms with Crippen LogP contribution in [0, 0.1) is 13.8 Å². The summed E-state index contributed by atoms with van der Waals surface area (Å²) in [4.78, 5) is 20.7. The van der Waals surface area contributed by atoms with E-state index in [0.717, 1.165) is 33.2 Å². The Kier molecular flexibility index (Phi) is 4.48. The quantitative estimate of drug-likeness (QED) is 0.789. The fourth-order valence-electron chi connectivity index (χ4n) is 2.18. The van der Waals surface area contributed by atoms with Gasteiger partial charge in [-0.15, -0.1) is 11.3 Å².